The van der Waals surface area contributed by atoms with Crippen molar-refractivity contribution in [3.05, 3.63) is 70.8 Å². The normalized spacial score (nSPS) is 18.2. The molecule has 0 radical (unpaired) electrons. The third kappa shape index (κ3) is 5.13. The Balaban J connectivity index is 1.82. The minimum absolute atomic E-state index is 0.121. The van der Waals surface area contributed by atoms with Gasteiger partial charge in [0.25, 0.3) is 5.91 Å². The zero-order valence-corrected chi connectivity index (χ0v) is 19.3. The molecule has 2 aromatic rings. The minimum atomic E-state index is -0.570. The Bertz CT molecular complexity index is 1010. The number of ether oxygens (including phenoxy) is 3. The van der Waals surface area contributed by atoms with Crippen LogP contribution in [0, 0.1) is 19.8 Å². The largest absolute Gasteiger partial charge is 0.497 e. The first-order valence-electron chi connectivity index (χ1n) is 10.8. The lowest BCUT2D eigenvalue weighted by Crippen LogP contribution is -2.34. The molecule has 1 aliphatic carbocycles. The van der Waals surface area contributed by atoms with Gasteiger partial charge in [0, 0.05) is 17.2 Å². The summed E-state index contributed by atoms with van der Waals surface area (Å²) in [5, 5.41) is 3.08. The number of rotatable bonds is 8. The van der Waals surface area contributed by atoms with E-state index in [1.54, 1.807) is 33.3 Å². The molecular weight excluding hydrogens is 406 g/mol. The van der Waals surface area contributed by atoms with Crippen molar-refractivity contribution in [3.8, 4) is 11.5 Å². The van der Waals surface area contributed by atoms with Crippen LogP contribution in [-0.2, 0) is 9.53 Å². The molecule has 170 valence electrons. The van der Waals surface area contributed by atoms with Crippen LogP contribution in [0.1, 0.15) is 46.3 Å². The van der Waals surface area contributed by atoms with Crippen LogP contribution in [0.15, 0.2) is 48.6 Å². The van der Waals surface area contributed by atoms with Crippen molar-refractivity contribution in [3.63, 3.8) is 0 Å². The topological polar surface area (TPSA) is 73.9 Å². The zero-order valence-electron chi connectivity index (χ0n) is 19.3. The van der Waals surface area contributed by atoms with Gasteiger partial charge < -0.3 is 19.5 Å². The number of carbonyl (C=O) groups is 2. The Morgan fingerprint density at radius 3 is 2.50 bits per heavy atom. The molecule has 2 aromatic carbocycles. The minimum Gasteiger partial charge on any atom is -0.497 e. The van der Waals surface area contributed by atoms with Crippen LogP contribution < -0.4 is 14.8 Å². The van der Waals surface area contributed by atoms with Crippen LogP contribution in [0.5, 0.6) is 11.5 Å². The zero-order chi connectivity index (χ0) is 23.3. The summed E-state index contributed by atoms with van der Waals surface area (Å²) in [5.41, 5.74) is 3.42. The number of amides is 1. The van der Waals surface area contributed by atoms with E-state index in [-0.39, 0.29) is 30.4 Å². The molecule has 1 amide bonds. The number of benzene rings is 2. The molecule has 0 bridgehead atoms. The second kappa shape index (κ2) is 10.4. The Morgan fingerprint density at radius 2 is 1.84 bits per heavy atom. The molecule has 6 heteroatoms. The summed E-state index contributed by atoms with van der Waals surface area (Å²) in [4.78, 5) is 25.8. The fourth-order valence-corrected chi connectivity index (χ4v) is 4.24. The predicted octanol–water partition coefficient (Wildman–Crippen LogP) is 4.34. The van der Waals surface area contributed by atoms with E-state index in [0.29, 0.717) is 29.0 Å². The van der Waals surface area contributed by atoms with E-state index in [1.807, 2.05) is 50.3 Å². The van der Waals surface area contributed by atoms with Gasteiger partial charge in [-0.2, -0.15) is 0 Å². The molecule has 0 aromatic heterocycles. The molecule has 0 fully saturated rings. The van der Waals surface area contributed by atoms with E-state index < -0.39 is 5.92 Å². The van der Waals surface area contributed by atoms with E-state index >= 15 is 0 Å². The monoisotopic (exact) mass is 437 g/mol. The molecule has 1 aliphatic rings. The van der Waals surface area contributed by atoms with E-state index in [0.717, 1.165) is 11.1 Å². The second-order valence-corrected chi connectivity index (χ2v) is 8.02. The molecule has 1 N–H and O–H groups in total. The lowest BCUT2D eigenvalue weighted by Gasteiger charge is -2.24. The van der Waals surface area contributed by atoms with Gasteiger partial charge in [0.15, 0.2) is 0 Å². The first kappa shape index (κ1) is 23.4. The maximum atomic E-state index is 13.0. The number of allylic oxidation sites excluding steroid dienone is 1. The summed E-state index contributed by atoms with van der Waals surface area (Å²) in [7, 11) is 3.16. The molecule has 3 rings (SSSR count). The summed E-state index contributed by atoms with van der Waals surface area (Å²) < 4.78 is 16.3. The van der Waals surface area contributed by atoms with Gasteiger partial charge in [-0.1, -0.05) is 29.8 Å². The van der Waals surface area contributed by atoms with Crippen LogP contribution in [0.4, 0.5) is 0 Å². The Hall–Kier alpha value is -3.28. The maximum absolute atomic E-state index is 13.0. The highest BCUT2D eigenvalue weighted by molar-refractivity contribution is 5.96. The van der Waals surface area contributed by atoms with Gasteiger partial charge in [0.1, 0.15) is 11.5 Å². The molecular formula is C26H31NO5. The molecule has 3 atom stereocenters. The highest BCUT2D eigenvalue weighted by Gasteiger charge is 2.36. The first-order valence-corrected chi connectivity index (χ1v) is 10.8. The number of nitrogens with one attached hydrogen (secondary N) is 1. The average molecular weight is 438 g/mol. The molecule has 0 heterocycles. The third-order valence-corrected chi connectivity index (χ3v) is 5.80. The molecule has 0 saturated carbocycles. The van der Waals surface area contributed by atoms with Gasteiger partial charge in [0.05, 0.1) is 26.7 Å². The van der Waals surface area contributed by atoms with Crippen molar-refractivity contribution in [1.82, 2.24) is 5.32 Å². The first-order chi connectivity index (χ1) is 15.4. The molecule has 32 heavy (non-hydrogen) atoms. The van der Waals surface area contributed by atoms with Crippen molar-refractivity contribution >= 4 is 11.9 Å². The van der Waals surface area contributed by atoms with Crippen LogP contribution in [0.25, 0.3) is 0 Å². The lowest BCUT2D eigenvalue weighted by molar-refractivity contribution is -0.146. The van der Waals surface area contributed by atoms with Crippen molar-refractivity contribution in [2.45, 2.75) is 39.2 Å². The summed E-state index contributed by atoms with van der Waals surface area (Å²) >= 11 is 0. The van der Waals surface area contributed by atoms with E-state index in [4.69, 9.17) is 14.2 Å². The van der Waals surface area contributed by atoms with Gasteiger partial charge in [-0.15, -0.1) is 0 Å². The van der Waals surface area contributed by atoms with Crippen molar-refractivity contribution in [2.24, 2.45) is 5.92 Å². The number of methoxy groups -OCH3 is 2. The number of hydrogen-bond acceptors (Lipinski definition) is 5. The third-order valence-electron chi connectivity index (χ3n) is 5.80. The molecule has 0 unspecified atom stereocenters. The molecule has 0 saturated heterocycles. The van der Waals surface area contributed by atoms with Gasteiger partial charge in [-0.05, 0) is 62.9 Å². The van der Waals surface area contributed by atoms with Gasteiger partial charge in [-0.3, -0.25) is 9.59 Å². The highest BCUT2D eigenvalue weighted by Crippen LogP contribution is 2.40. The number of esters is 1. The molecule has 0 aliphatic heterocycles. The summed E-state index contributed by atoms with van der Waals surface area (Å²) in [6, 6.07) is 11.0. The highest BCUT2D eigenvalue weighted by atomic mass is 16.5. The van der Waals surface area contributed by atoms with Gasteiger partial charge in [0.2, 0.25) is 0 Å². The number of carbonyl (C=O) groups excluding carboxylic acids is 2. The van der Waals surface area contributed by atoms with Crippen molar-refractivity contribution in [2.75, 3.05) is 20.8 Å². The average Bonchev–Trinajstić information content (AvgIpc) is 3.21. The molecule has 6 nitrogen and oxygen atoms in total. The fourth-order valence-electron chi connectivity index (χ4n) is 4.24. The summed E-state index contributed by atoms with van der Waals surface area (Å²) in [5.74, 6) is 0.0648. The Morgan fingerprint density at radius 1 is 1.06 bits per heavy atom. The van der Waals surface area contributed by atoms with Crippen molar-refractivity contribution < 1.29 is 23.8 Å². The van der Waals surface area contributed by atoms with Crippen LogP contribution >= 0.6 is 0 Å². The van der Waals surface area contributed by atoms with Crippen LogP contribution in [-0.4, -0.2) is 38.7 Å². The van der Waals surface area contributed by atoms with Crippen molar-refractivity contribution in [1.29, 1.82) is 0 Å². The van der Waals surface area contributed by atoms with E-state index in [1.165, 1.54) is 0 Å². The summed E-state index contributed by atoms with van der Waals surface area (Å²) in [6.45, 7) is 6.00. The Labute approximate surface area is 189 Å². The Kier molecular flexibility index (Phi) is 7.57. The van der Waals surface area contributed by atoms with Gasteiger partial charge in [-0.25, -0.2) is 0 Å². The lowest BCUT2D eigenvalue weighted by atomic mass is 9.84. The standard InChI is InChI=1S/C26H31NO5/c1-6-32-26(29)24(22-15-20(30-4)10-12-23(22)31-5)18-8-9-19(14-18)27-25(28)21-11-7-16(2)13-17(21)3/h7-13,15,18-19,24H,6,14H2,1-5H3,(H,27,28)/t18-,19-,24-/m0/s1. The summed E-state index contributed by atoms with van der Waals surface area (Å²) in [6.07, 6.45) is 4.51. The van der Waals surface area contributed by atoms with E-state index in [2.05, 4.69) is 5.32 Å². The van der Waals surface area contributed by atoms with Gasteiger partial charge >= 0.3 is 5.97 Å². The predicted molar refractivity (Wildman–Crippen MR) is 123 cm³/mol. The smallest absolute Gasteiger partial charge is 0.314 e. The second-order valence-electron chi connectivity index (χ2n) is 8.02. The fraction of sp³-hybridized carbons (Fsp3) is 0.385. The quantitative estimate of drug-likeness (QED) is 0.491. The number of hydrogen-bond donors (Lipinski definition) is 1. The molecule has 0 spiro atoms. The van der Waals surface area contributed by atoms with Crippen LogP contribution in [0.2, 0.25) is 0 Å². The van der Waals surface area contributed by atoms with E-state index in [9.17, 15) is 9.59 Å². The number of aryl methyl sites for hydroxylation is 2. The maximum Gasteiger partial charge on any atom is 0.314 e. The SMILES string of the molecule is CCOC(=O)[C@H](c1cc(OC)ccc1OC)[C@H]1C=C[C@H](NC(=O)c2ccc(C)cc2C)C1. The van der Waals surface area contributed by atoms with Crippen LogP contribution in [0.3, 0.4) is 0 Å².